The van der Waals surface area contributed by atoms with Crippen LogP contribution in [0.25, 0.3) is 0 Å². The maximum absolute atomic E-state index is 5.37. The molecule has 4 nitrogen and oxygen atoms in total. The molecule has 0 saturated carbocycles. The summed E-state index contributed by atoms with van der Waals surface area (Å²) < 4.78 is 5.37. The van der Waals surface area contributed by atoms with Gasteiger partial charge in [0.1, 0.15) is 0 Å². The number of likely N-dealkylation sites (tertiary alicyclic amines) is 1. The van der Waals surface area contributed by atoms with Gasteiger partial charge in [-0.25, -0.2) is 0 Å². The van der Waals surface area contributed by atoms with Crippen molar-refractivity contribution in [3.8, 4) is 0 Å². The second-order valence-electron chi connectivity index (χ2n) is 9.19. The van der Waals surface area contributed by atoms with Crippen molar-refractivity contribution in [2.75, 3.05) is 45.9 Å². The number of rotatable bonds is 6. The summed E-state index contributed by atoms with van der Waals surface area (Å²) in [4.78, 5) is 8.06. The first-order valence-electron chi connectivity index (χ1n) is 9.63. The van der Waals surface area contributed by atoms with Crippen LogP contribution in [0.15, 0.2) is 0 Å². The summed E-state index contributed by atoms with van der Waals surface area (Å²) in [7, 11) is 0. The first-order valence-corrected chi connectivity index (χ1v) is 9.63. The molecule has 3 heterocycles. The van der Waals surface area contributed by atoms with Gasteiger partial charge in [0.2, 0.25) is 0 Å². The van der Waals surface area contributed by atoms with E-state index in [0.29, 0.717) is 23.2 Å². The molecule has 23 heavy (non-hydrogen) atoms. The van der Waals surface area contributed by atoms with Crippen molar-refractivity contribution in [2.45, 2.75) is 77.0 Å². The van der Waals surface area contributed by atoms with E-state index in [1.807, 2.05) is 0 Å². The van der Waals surface area contributed by atoms with Crippen LogP contribution < -0.4 is 0 Å². The highest BCUT2D eigenvalue weighted by Gasteiger charge is 2.39. The van der Waals surface area contributed by atoms with Crippen LogP contribution in [0.5, 0.6) is 0 Å². The van der Waals surface area contributed by atoms with E-state index in [2.05, 4.69) is 49.3 Å². The minimum Gasteiger partial charge on any atom is -0.378 e. The lowest BCUT2D eigenvalue weighted by molar-refractivity contribution is -0.0973. The van der Waals surface area contributed by atoms with Crippen LogP contribution in [0.2, 0.25) is 0 Å². The minimum absolute atomic E-state index is 0.295. The van der Waals surface area contributed by atoms with E-state index in [-0.39, 0.29) is 0 Å². The second-order valence-corrected chi connectivity index (χ2v) is 9.19. The van der Waals surface area contributed by atoms with Crippen molar-refractivity contribution < 1.29 is 4.74 Å². The Hall–Kier alpha value is -0.160. The molecule has 3 saturated heterocycles. The smallest absolute Gasteiger partial charge is 0.0645 e. The Morgan fingerprint density at radius 1 is 0.913 bits per heavy atom. The van der Waals surface area contributed by atoms with Gasteiger partial charge in [-0.05, 0) is 67.0 Å². The maximum atomic E-state index is 5.37. The molecular weight excluding hydrogens is 286 g/mol. The van der Waals surface area contributed by atoms with Gasteiger partial charge < -0.3 is 4.74 Å². The molecule has 0 aliphatic carbocycles. The van der Waals surface area contributed by atoms with Gasteiger partial charge in [0.25, 0.3) is 0 Å². The molecule has 3 fully saturated rings. The molecule has 0 aromatic heterocycles. The topological polar surface area (TPSA) is 19.0 Å². The van der Waals surface area contributed by atoms with Gasteiger partial charge in [0.05, 0.1) is 19.3 Å². The monoisotopic (exact) mass is 323 g/mol. The zero-order valence-corrected chi connectivity index (χ0v) is 16.0. The highest BCUT2D eigenvalue weighted by atomic mass is 16.5. The molecular formula is C19H37N3O. The van der Waals surface area contributed by atoms with E-state index in [0.717, 1.165) is 13.2 Å². The summed E-state index contributed by atoms with van der Waals surface area (Å²) in [6.07, 6.45) is 3.97. The maximum Gasteiger partial charge on any atom is 0.0645 e. The molecule has 0 bridgehead atoms. The summed E-state index contributed by atoms with van der Waals surface area (Å²) in [5, 5.41) is 0. The second kappa shape index (κ2) is 6.62. The van der Waals surface area contributed by atoms with Gasteiger partial charge >= 0.3 is 0 Å². The third kappa shape index (κ3) is 3.76. The summed E-state index contributed by atoms with van der Waals surface area (Å²) >= 11 is 0. The van der Waals surface area contributed by atoms with Crippen LogP contribution in [0.4, 0.5) is 0 Å². The molecule has 3 rings (SSSR count). The highest BCUT2D eigenvalue weighted by molar-refractivity contribution is 4.95. The summed E-state index contributed by atoms with van der Waals surface area (Å²) in [5.74, 6) is 0. The Morgan fingerprint density at radius 2 is 1.57 bits per heavy atom. The SMILES string of the molecule is C[C@H]1CN(C2COC2)CCN1C(C)(C)CCC(C)(C)N1CCC1. The molecule has 0 radical (unpaired) electrons. The van der Waals surface area contributed by atoms with Gasteiger partial charge in [-0.3, -0.25) is 14.7 Å². The van der Waals surface area contributed by atoms with E-state index >= 15 is 0 Å². The fraction of sp³-hybridized carbons (Fsp3) is 1.00. The fourth-order valence-corrected chi connectivity index (χ4v) is 4.49. The van der Waals surface area contributed by atoms with E-state index in [1.54, 1.807) is 0 Å². The van der Waals surface area contributed by atoms with Crippen molar-refractivity contribution >= 4 is 0 Å². The summed E-state index contributed by atoms with van der Waals surface area (Å²) in [6.45, 7) is 20.3. The molecule has 0 spiro atoms. The standard InChI is InChI=1S/C19H37N3O/c1-16-13-20(17-14-23-15-17)11-12-22(16)19(4,5)8-7-18(2,3)21-9-6-10-21/h16-17H,6-15H2,1-5H3/t16-/m0/s1. The Kier molecular flexibility index (Phi) is 5.09. The van der Waals surface area contributed by atoms with E-state index < -0.39 is 0 Å². The van der Waals surface area contributed by atoms with Crippen molar-refractivity contribution in [3.05, 3.63) is 0 Å². The minimum atomic E-state index is 0.295. The third-order valence-corrected chi connectivity index (χ3v) is 6.63. The average molecular weight is 324 g/mol. The van der Waals surface area contributed by atoms with E-state index in [9.17, 15) is 0 Å². The summed E-state index contributed by atoms with van der Waals surface area (Å²) in [5.41, 5.74) is 0.660. The Morgan fingerprint density at radius 3 is 2.04 bits per heavy atom. The van der Waals surface area contributed by atoms with Crippen LogP contribution in [-0.4, -0.2) is 83.8 Å². The number of hydrogen-bond acceptors (Lipinski definition) is 4. The molecule has 1 atom stereocenters. The zero-order valence-electron chi connectivity index (χ0n) is 16.0. The Bertz CT molecular complexity index is 401. The largest absolute Gasteiger partial charge is 0.378 e. The van der Waals surface area contributed by atoms with Gasteiger partial charge in [0.15, 0.2) is 0 Å². The van der Waals surface area contributed by atoms with Crippen LogP contribution in [0.1, 0.15) is 53.9 Å². The van der Waals surface area contributed by atoms with Gasteiger partial charge in [-0.2, -0.15) is 0 Å². The Labute approximate surface area is 143 Å². The number of nitrogens with zero attached hydrogens (tertiary/aromatic N) is 3. The molecule has 3 aliphatic heterocycles. The first kappa shape index (κ1) is 17.7. The van der Waals surface area contributed by atoms with Crippen molar-refractivity contribution in [1.82, 2.24) is 14.7 Å². The van der Waals surface area contributed by atoms with Crippen molar-refractivity contribution in [1.29, 1.82) is 0 Å². The quantitative estimate of drug-likeness (QED) is 0.747. The van der Waals surface area contributed by atoms with Crippen molar-refractivity contribution in [3.63, 3.8) is 0 Å². The fourth-order valence-electron chi connectivity index (χ4n) is 4.49. The van der Waals surface area contributed by atoms with Gasteiger partial charge in [-0.1, -0.05) is 0 Å². The molecule has 0 amide bonds. The lowest BCUT2D eigenvalue weighted by atomic mass is 9.84. The molecule has 134 valence electrons. The molecule has 0 aromatic rings. The van der Waals surface area contributed by atoms with E-state index in [1.165, 1.54) is 52.0 Å². The molecule has 0 unspecified atom stereocenters. The predicted octanol–water partition coefficient (Wildman–Crippen LogP) is 2.43. The number of ether oxygens (including phenoxy) is 1. The van der Waals surface area contributed by atoms with Crippen LogP contribution in [0, 0.1) is 0 Å². The van der Waals surface area contributed by atoms with Gasteiger partial charge in [0, 0.05) is 36.8 Å². The highest BCUT2D eigenvalue weighted by Crippen LogP contribution is 2.33. The third-order valence-electron chi connectivity index (χ3n) is 6.63. The van der Waals surface area contributed by atoms with Gasteiger partial charge in [-0.15, -0.1) is 0 Å². The molecule has 0 aromatic carbocycles. The number of piperazine rings is 1. The normalized spacial score (nSPS) is 29.3. The average Bonchev–Trinajstić information content (AvgIpc) is 2.32. The van der Waals surface area contributed by atoms with E-state index in [4.69, 9.17) is 4.74 Å². The zero-order chi connectivity index (χ0) is 16.7. The van der Waals surface area contributed by atoms with Crippen molar-refractivity contribution in [2.24, 2.45) is 0 Å². The lowest BCUT2D eigenvalue weighted by Gasteiger charge is -2.52. The number of hydrogen-bond donors (Lipinski definition) is 0. The van der Waals surface area contributed by atoms with Crippen LogP contribution in [0.3, 0.4) is 0 Å². The summed E-state index contributed by atoms with van der Waals surface area (Å²) in [6, 6.07) is 1.33. The molecule has 4 heteroatoms. The first-order chi connectivity index (χ1) is 10.8. The van der Waals surface area contributed by atoms with Crippen LogP contribution in [-0.2, 0) is 4.74 Å². The molecule has 0 N–H and O–H groups in total. The molecule has 3 aliphatic rings. The Balaban J connectivity index is 1.52. The predicted molar refractivity (Wildman–Crippen MR) is 95.9 cm³/mol. The lowest BCUT2D eigenvalue weighted by Crippen LogP contribution is -2.63. The van der Waals surface area contributed by atoms with Crippen LogP contribution >= 0.6 is 0 Å².